The van der Waals surface area contributed by atoms with Crippen molar-refractivity contribution in [2.75, 3.05) is 17.7 Å². The maximum atomic E-state index is 5.89. The van der Waals surface area contributed by atoms with Crippen LogP contribution >= 0.6 is 0 Å². The minimum atomic E-state index is 0.0378. The van der Waals surface area contributed by atoms with Crippen molar-refractivity contribution < 1.29 is 9.26 Å². The molecule has 0 fully saturated rings. The summed E-state index contributed by atoms with van der Waals surface area (Å²) in [6.45, 7) is 3.87. The molecule has 0 amide bonds. The number of nitrogens with zero attached hydrogens (tertiary/aromatic N) is 7. The molecule has 4 aromatic rings. The highest BCUT2D eigenvalue weighted by atomic mass is 16.5. The zero-order chi connectivity index (χ0) is 21.1. The van der Waals surface area contributed by atoms with Crippen LogP contribution in [0.15, 0.2) is 53.2 Å². The Morgan fingerprint density at radius 3 is 2.47 bits per heavy atom. The van der Waals surface area contributed by atoms with Gasteiger partial charge in [0, 0.05) is 25.0 Å². The number of hydrogen-bond donors (Lipinski definition) is 1. The molecule has 2 N–H and O–H groups in total. The fourth-order valence-electron chi connectivity index (χ4n) is 2.65. The molecule has 0 atom stereocenters. The second kappa shape index (κ2) is 8.11. The Bertz CT molecular complexity index is 1130. The Labute approximate surface area is 172 Å². The standard InChI is InChI=1S/C20H20N8O2/c1-12(2)29-15-10-9-13(11-22-15)18-23-17(27-30-18)16-24-19(21)26-20(25-16)28(3)14-7-5-4-6-8-14/h4-12H,1-3H3,(H2,21,24,25,26). The van der Waals surface area contributed by atoms with E-state index in [1.807, 2.05) is 51.2 Å². The third-order valence-electron chi connectivity index (χ3n) is 4.05. The van der Waals surface area contributed by atoms with E-state index in [2.05, 4.69) is 30.1 Å². The second-order valence-corrected chi connectivity index (χ2v) is 6.69. The number of nitrogens with two attached hydrogens (primary N) is 1. The SMILES string of the molecule is CC(C)Oc1ccc(-c2nc(-c3nc(N)nc(N(C)c4ccccc4)n3)no2)cn1. The van der Waals surface area contributed by atoms with E-state index >= 15 is 0 Å². The average Bonchev–Trinajstić information content (AvgIpc) is 3.24. The number of pyridine rings is 1. The lowest BCUT2D eigenvalue weighted by molar-refractivity contribution is 0.232. The zero-order valence-corrected chi connectivity index (χ0v) is 16.7. The van der Waals surface area contributed by atoms with E-state index in [0.717, 1.165) is 5.69 Å². The number of rotatable bonds is 6. The molecular weight excluding hydrogens is 384 g/mol. The Morgan fingerprint density at radius 2 is 1.77 bits per heavy atom. The lowest BCUT2D eigenvalue weighted by Crippen LogP contribution is -2.15. The van der Waals surface area contributed by atoms with Gasteiger partial charge in [0.1, 0.15) is 0 Å². The molecule has 0 spiro atoms. The van der Waals surface area contributed by atoms with Crippen molar-refractivity contribution in [2.45, 2.75) is 20.0 Å². The van der Waals surface area contributed by atoms with Crippen molar-refractivity contribution in [1.29, 1.82) is 0 Å². The summed E-state index contributed by atoms with van der Waals surface area (Å²) >= 11 is 0. The van der Waals surface area contributed by atoms with Crippen molar-refractivity contribution in [2.24, 2.45) is 0 Å². The maximum absolute atomic E-state index is 5.89. The molecule has 30 heavy (non-hydrogen) atoms. The normalized spacial score (nSPS) is 10.9. The van der Waals surface area contributed by atoms with Gasteiger partial charge in [-0.15, -0.1) is 0 Å². The van der Waals surface area contributed by atoms with Crippen molar-refractivity contribution in [3.8, 4) is 29.0 Å². The molecule has 1 aromatic carbocycles. The second-order valence-electron chi connectivity index (χ2n) is 6.69. The van der Waals surface area contributed by atoms with Gasteiger partial charge < -0.3 is 19.9 Å². The summed E-state index contributed by atoms with van der Waals surface area (Å²) in [6.07, 6.45) is 1.64. The number of para-hydroxylation sites is 1. The van der Waals surface area contributed by atoms with Gasteiger partial charge in [-0.3, -0.25) is 0 Å². The van der Waals surface area contributed by atoms with E-state index < -0.39 is 0 Å². The zero-order valence-electron chi connectivity index (χ0n) is 16.7. The minimum Gasteiger partial charge on any atom is -0.475 e. The summed E-state index contributed by atoms with van der Waals surface area (Å²) in [4.78, 5) is 23.2. The minimum absolute atomic E-state index is 0.0378. The summed E-state index contributed by atoms with van der Waals surface area (Å²) in [5, 5.41) is 3.98. The van der Waals surface area contributed by atoms with Crippen molar-refractivity contribution >= 4 is 17.6 Å². The first-order chi connectivity index (χ1) is 14.5. The Hall–Kier alpha value is -4.08. The predicted octanol–water partition coefficient (Wildman–Crippen LogP) is 3.12. The topological polar surface area (TPSA) is 129 Å². The monoisotopic (exact) mass is 404 g/mol. The van der Waals surface area contributed by atoms with Gasteiger partial charge in [-0.2, -0.15) is 19.9 Å². The molecule has 0 bridgehead atoms. The van der Waals surface area contributed by atoms with Gasteiger partial charge in [-0.1, -0.05) is 23.4 Å². The molecule has 4 rings (SSSR count). The third kappa shape index (κ3) is 4.17. The first-order valence-corrected chi connectivity index (χ1v) is 9.27. The maximum Gasteiger partial charge on any atom is 0.259 e. The van der Waals surface area contributed by atoms with Crippen LogP contribution in [0.2, 0.25) is 0 Å². The molecule has 0 aliphatic rings. The number of ether oxygens (including phenoxy) is 1. The first kappa shape index (κ1) is 19.2. The van der Waals surface area contributed by atoms with Crippen LogP contribution in [0.4, 0.5) is 17.6 Å². The van der Waals surface area contributed by atoms with E-state index in [9.17, 15) is 0 Å². The molecule has 0 aliphatic carbocycles. The highest BCUT2D eigenvalue weighted by Crippen LogP contribution is 2.24. The molecule has 0 radical (unpaired) electrons. The highest BCUT2D eigenvalue weighted by molar-refractivity contribution is 5.60. The largest absolute Gasteiger partial charge is 0.475 e. The Kier molecular flexibility index (Phi) is 5.21. The van der Waals surface area contributed by atoms with Gasteiger partial charge in [0.05, 0.1) is 11.7 Å². The third-order valence-corrected chi connectivity index (χ3v) is 4.05. The fraction of sp³-hybridized carbons (Fsp3) is 0.200. The van der Waals surface area contributed by atoms with Gasteiger partial charge in [0.15, 0.2) is 0 Å². The quantitative estimate of drug-likeness (QED) is 0.511. The van der Waals surface area contributed by atoms with Crippen LogP contribution in [0.25, 0.3) is 23.1 Å². The van der Waals surface area contributed by atoms with E-state index in [0.29, 0.717) is 17.4 Å². The summed E-state index contributed by atoms with van der Waals surface area (Å²) in [6, 6.07) is 13.2. The van der Waals surface area contributed by atoms with Crippen LogP contribution in [-0.4, -0.2) is 43.2 Å². The van der Waals surface area contributed by atoms with Gasteiger partial charge in [-0.25, -0.2) is 4.98 Å². The van der Waals surface area contributed by atoms with Gasteiger partial charge >= 0.3 is 0 Å². The van der Waals surface area contributed by atoms with Gasteiger partial charge in [0.25, 0.3) is 5.89 Å². The van der Waals surface area contributed by atoms with E-state index in [1.54, 1.807) is 23.2 Å². The average molecular weight is 404 g/mol. The molecule has 3 heterocycles. The summed E-state index contributed by atoms with van der Waals surface area (Å²) in [5.74, 6) is 1.64. The van der Waals surface area contributed by atoms with Crippen LogP contribution in [0.5, 0.6) is 5.88 Å². The molecule has 10 heteroatoms. The lowest BCUT2D eigenvalue weighted by atomic mass is 10.3. The van der Waals surface area contributed by atoms with Crippen LogP contribution < -0.4 is 15.4 Å². The highest BCUT2D eigenvalue weighted by Gasteiger charge is 2.17. The fourth-order valence-corrected chi connectivity index (χ4v) is 2.65. The van der Waals surface area contributed by atoms with Gasteiger partial charge in [0.2, 0.25) is 29.4 Å². The molecule has 0 unspecified atom stereocenters. The number of anilines is 3. The Balaban J connectivity index is 1.61. The van der Waals surface area contributed by atoms with Gasteiger partial charge in [-0.05, 0) is 32.0 Å². The van der Waals surface area contributed by atoms with Crippen LogP contribution in [0.3, 0.4) is 0 Å². The van der Waals surface area contributed by atoms with Crippen molar-refractivity contribution in [3.05, 3.63) is 48.7 Å². The molecule has 0 aliphatic heterocycles. The van der Waals surface area contributed by atoms with E-state index in [-0.39, 0.29) is 29.6 Å². The summed E-state index contributed by atoms with van der Waals surface area (Å²) in [7, 11) is 1.84. The Morgan fingerprint density at radius 1 is 0.967 bits per heavy atom. The molecule has 0 saturated carbocycles. The van der Waals surface area contributed by atoms with Crippen LogP contribution in [0, 0.1) is 0 Å². The number of aromatic nitrogens is 6. The predicted molar refractivity (Wildman–Crippen MR) is 111 cm³/mol. The van der Waals surface area contributed by atoms with E-state index in [1.165, 1.54) is 0 Å². The van der Waals surface area contributed by atoms with E-state index in [4.69, 9.17) is 15.0 Å². The first-order valence-electron chi connectivity index (χ1n) is 9.27. The summed E-state index contributed by atoms with van der Waals surface area (Å²) < 4.78 is 10.9. The smallest absolute Gasteiger partial charge is 0.259 e. The van der Waals surface area contributed by atoms with Crippen molar-refractivity contribution in [3.63, 3.8) is 0 Å². The molecule has 3 aromatic heterocycles. The summed E-state index contributed by atoms with van der Waals surface area (Å²) in [5.41, 5.74) is 7.44. The lowest BCUT2D eigenvalue weighted by Gasteiger charge is -2.17. The van der Waals surface area contributed by atoms with Crippen LogP contribution in [0.1, 0.15) is 13.8 Å². The molecule has 10 nitrogen and oxygen atoms in total. The van der Waals surface area contributed by atoms with Crippen LogP contribution in [-0.2, 0) is 0 Å². The number of nitrogen functional groups attached to an aromatic ring is 1. The number of benzene rings is 1. The molecule has 0 saturated heterocycles. The molecular formula is C20H20N8O2. The number of hydrogen-bond acceptors (Lipinski definition) is 10. The molecule has 152 valence electrons. The van der Waals surface area contributed by atoms with Crippen molar-refractivity contribution in [1.82, 2.24) is 30.1 Å².